The molecule has 0 atom stereocenters. The molecule has 0 heterocycles. The van der Waals surface area contributed by atoms with Crippen molar-refractivity contribution in [3.8, 4) is 0 Å². The van der Waals surface area contributed by atoms with Gasteiger partial charge in [0.1, 0.15) is 0 Å². The van der Waals surface area contributed by atoms with Crippen LogP contribution < -0.4 is 4.72 Å². The predicted octanol–water partition coefficient (Wildman–Crippen LogP) is 0.351. The zero-order valence-corrected chi connectivity index (χ0v) is 10.9. The molecule has 0 amide bonds. The van der Waals surface area contributed by atoms with Gasteiger partial charge in [0.15, 0.2) is 0 Å². The lowest BCUT2D eigenvalue weighted by Gasteiger charge is -2.08. The summed E-state index contributed by atoms with van der Waals surface area (Å²) in [4.78, 5) is 0. The first-order valence-electron chi connectivity index (χ1n) is 5.64. The normalized spacial score (nSPS) is 12.2. The molecular formula is C10H23NO4S. The van der Waals surface area contributed by atoms with Gasteiger partial charge in [-0.2, -0.15) is 0 Å². The van der Waals surface area contributed by atoms with E-state index < -0.39 is 10.0 Å². The lowest BCUT2D eigenvalue weighted by Crippen LogP contribution is -2.28. The summed E-state index contributed by atoms with van der Waals surface area (Å²) >= 11 is 0. The minimum atomic E-state index is -3.21. The van der Waals surface area contributed by atoms with E-state index in [0.717, 1.165) is 0 Å². The highest BCUT2D eigenvalue weighted by Crippen LogP contribution is 1.94. The molecule has 16 heavy (non-hydrogen) atoms. The molecular weight excluding hydrogens is 230 g/mol. The van der Waals surface area contributed by atoms with Gasteiger partial charge in [0.25, 0.3) is 0 Å². The fourth-order valence-corrected chi connectivity index (χ4v) is 2.16. The summed E-state index contributed by atoms with van der Waals surface area (Å²) in [6.45, 7) is 5.71. The summed E-state index contributed by atoms with van der Waals surface area (Å²) < 4.78 is 30.3. The van der Waals surface area contributed by atoms with E-state index in [1.807, 2.05) is 0 Å². The van der Waals surface area contributed by atoms with E-state index in [4.69, 9.17) is 9.84 Å². The summed E-state index contributed by atoms with van der Waals surface area (Å²) in [6, 6.07) is 0. The number of aliphatic hydroxyl groups is 1. The third kappa shape index (κ3) is 10.4. The molecule has 0 aromatic heterocycles. The fourth-order valence-electron chi connectivity index (χ4n) is 1.05. The van der Waals surface area contributed by atoms with Gasteiger partial charge in [-0.1, -0.05) is 13.8 Å². The number of nitrogens with one attached hydrogen (secondary N) is 1. The summed E-state index contributed by atoms with van der Waals surface area (Å²) in [5.74, 6) is 0.484. The number of hydrogen-bond donors (Lipinski definition) is 2. The second-order valence-electron chi connectivity index (χ2n) is 4.11. The Bertz CT molecular complexity index is 252. The minimum Gasteiger partial charge on any atom is -0.396 e. The van der Waals surface area contributed by atoms with E-state index >= 15 is 0 Å². The maximum absolute atomic E-state index is 11.3. The van der Waals surface area contributed by atoms with Gasteiger partial charge in [-0.05, 0) is 18.8 Å². The van der Waals surface area contributed by atoms with Crippen molar-refractivity contribution in [2.45, 2.75) is 26.7 Å². The molecule has 0 unspecified atom stereocenters. The Morgan fingerprint density at radius 1 is 1.31 bits per heavy atom. The Hall–Kier alpha value is -0.170. The number of sulfonamides is 1. The smallest absolute Gasteiger partial charge is 0.211 e. The van der Waals surface area contributed by atoms with Gasteiger partial charge < -0.3 is 9.84 Å². The highest BCUT2D eigenvalue weighted by Gasteiger charge is 2.07. The second kappa shape index (κ2) is 8.92. The molecule has 0 aromatic carbocycles. The zero-order valence-electron chi connectivity index (χ0n) is 10.1. The zero-order chi connectivity index (χ0) is 12.4. The van der Waals surface area contributed by atoms with E-state index in [1.165, 1.54) is 0 Å². The molecule has 98 valence electrons. The number of aliphatic hydroxyl groups excluding tert-OH is 1. The van der Waals surface area contributed by atoms with Crippen molar-refractivity contribution in [3.63, 3.8) is 0 Å². The molecule has 0 fully saturated rings. The van der Waals surface area contributed by atoms with Crippen LogP contribution in [0.25, 0.3) is 0 Å². The molecule has 0 saturated heterocycles. The quantitative estimate of drug-likeness (QED) is 0.551. The average Bonchev–Trinajstić information content (AvgIpc) is 2.20. The lowest BCUT2D eigenvalue weighted by molar-refractivity contribution is 0.108. The first-order valence-corrected chi connectivity index (χ1v) is 7.29. The van der Waals surface area contributed by atoms with E-state index in [2.05, 4.69) is 18.6 Å². The van der Waals surface area contributed by atoms with E-state index in [-0.39, 0.29) is 18.8 Å². The van der Waals surface area contributed by atoms with Crippen molar-refractivity contribution < 1.29 is 18.3 Å². The number of rotatable bonds is 10. The molecule has 0 aliphatic rings. The Morgan fingerprint density at radius 3 is 2.56 bits per heavy atom. The van der Waals surface area contributed by atoms with Crippen molar-refractivity contribution >= 4 is 10.0 Å². The Balaban J connectivity index is 3.43. The van der Waals surface area contributed by atoms with Crippen molar-refractivity contribution in [2.24, 2.45) is 5.92 Å². The molecule has 2 N–H and O–H groups in total. The van der Waals surface area contributed by atoms with Crippen molar-refractivity contribution in [2.75, 3.05) is 32.1 Å². The molecule has 0 aromatic rings. The Morgan fingerprint density at radius 2 is 2.00 bits per heavy atom. The largest absolute Gasteiger partial charge is 0.396 e. The van der Waals surface area contributed by atoms with Gasteiger partial charge >= 0.3 is 0 Å². The highest BCUT2D eigenvalue weighted by atomic mass is 32.2. The Kier molecular flexibility index (Phi) is 8.83. The fraction of sp³-hybridized carbons (Fsp3) is 1.00. The Labute approximate surface area is 98.2 Å². The van der Waals surface area contributed by atoms with Gasteiger partial charge in [0, 0.05) is 26.4 Å². The molecule has 0 radical (unpaired) electrons. The molecule has 0 bridgehead atoms. The topological polar surface area (TPSA) is 75.6 Å². The first-order chi connectivity index (χ1) is 7.48. The molecule has 0 aliphatic heterocycles. The summed E-state index contributed by atoms with van der Waals surface area (Å²) in [5.41, 5.74) is 0. The van der Waals surface area contributed by atoms with Gasteiger partial charge in [0.2, 0.25) is 10.0 Å². The third-order valence-electron chi connectivity index (χ3n) is 1.81. The van der Waals surface area contributed by atoms with Crippen LogP contribution in [0.4, 0.5) is 0 Å². The van der Waals surface area contributed by atoms with E-state index in [0.29, 0.717) is 32.1 Å². The molecule has 6 heteroatoms. The van der Waals surface area contributed by atoms with Crippen molar-refractivity contribution in [1.82, 2.24) is 4.72 Å². The van der Waals surface area contributed by atoms with Crippen molar-refractivity contribution in [3.05, 3.63) is 0 Å². The van der Waals surface area contributed by atoms with Gasteiger partial charge in [0.05, 0.1) is 5.75 Å². The van der Waals surface area contributed by atoms with Crippen molar-refractivity contribution in [1.29, 1.82) is 0 Å². The number of ether oxygens (including phenoxy) is 1. The van der Waals surface area contributed by atoms with Gasteiger partial charge in [-0.25, -0.2) is 13.1 Å². The minimum absolute atomic E-state index is 0.0175. The number of hydrogen-bond acceptors (Lipinski definition) is 4. The van der Waals surface area contributed by atoms with Crippen LogP contribution in [-0.4, -0.2) is 45.6 Å². The van der Waals surface area contributed by atoms with Gasteiger partial charge in [-0.3, -0.25) is 0 Å². The van der Waals surface area contributed by atoms with Crippen LogP contribution >= 0.6 is 0 Å². The monoisotopic (exact) mass is 253 g/mol. The summed E-state index contributed by atoms with van der Waals surface area (Å²) in [6.07, 6.45) is 0.949. The summed E-state index contributed by atoms with van der Waals surface area (Å²) in [7, 11) is -3.21. The van der Waals surface area contributed by atoms with Crippen LogP contribution in [0.2, 0.25) is 0 Å². The molecule has 0 spiro atoms. The van der Waals surface area contributed by atoms with E-state index in [9.17, 15) is 8.42 Å². The molecule has 0 rings (SSSR count). The average molecular weight is 253 g/mol. The van der Waals surface area contributed by atoms with E-state index in [1.54, 1.807) is 0 Å². The maximum Gasteiger partial charge on any atom is 0.211 e. The van der Waals surface area contributed by atoms with Crippen LogP contribution in [-0.2, 0) is 14.8 Å². The molecule has 0 saturated carbocycles. The van der Waals surface area contributed by atoms with Crippen LogP contribution in [0.5, 0.6) is 0 Å². The lowest BCUT2D eigenvalue weighted by atomic mass is 10.2. The summed E-state index contributed by atoms with van der Waals surface area (Å²) in [5, 5.41) is 8.51. The first kappa shape index (κ1) is 15.8. The predicted molar refractivity (Wildman–Crippen MR) is 63.8 cm³/mol. The second-order valence-corrected chi connectivity index (χ2v) is 6.04. The highest BCUT2D eigenvalue weighted by molar-refractivity contribution is 7.89. The van der Waals surface area contributed by atoms with Crippen LogP contribution in [0.1, 0.15) is 26.7 Å². The van der Waals surface area contributed by atoms with Crippen LogP contribution in [0, 0.1) is 5.92 Å². The third-order valence-corrected chi connectivity index (χ3v) is 3.28. The van der Waals surface area contributed by atoms with Gasteiger partial charge in [-0.15, -0.1) is 0 Å². The van der Waals surface area contributed by atoms with Crippen LogP contribution in [0.3, 0.4) is 0 Å². The SMILES string of the molecule is CC(C)COCCCNS(=O)(=O)CCCO. The van der Waals surface area contributed by atoms with Crippen LogP contribution in [0.15, 0.2) is 0 Å². The molecule has 5 nitrogen and oxygen atoms in total. The standard InChI is InChI=1S/C10H23NO4S/c1-10(2)9-15-7-3-5-11-16(13,14)8-4-6-12/h10-12H,3-9H2,1-2H3. The maximum atomic E-state index is 11.3. The molecule has 0 aliphatic carbocycles.